The smallest absolute Gasteiger partial charge is 0.210 e. The van der Waals surface area contributed by atoms with Gasteiger partial charge in [-0.2, -0.15) is 0 Å². The Morgan fingerprint density at radius 1 is 1.30 bits per heavy atom. The van der Waals surface area contributed by atoms with Gasteiger partial charge in [0, 0.05) is 22.8 Å². The molecule has 1 heterocycles. The van der Waals surface area contributed by atoms with E-state index >= 15 is 0 Å². The molecule has 0 atom stereocenters. The van der Waals surface area contributed by atoms with E-state index in [1.54, 1.807) is 11.3 Å². The zero-order valence-corrected chi connectivity index (χ0v) is 13.5. The minimum atomic E-state index is -3.45. The summed E-state index contributed by atoms with van der Waals surface area (Å²) in [6.07, 6.45) is 1.03. The van der Waals surface area contributed by atoms with E-state index in [-0.39, 0.29) is 12.3 Å². The van der Waals surface area contributed by atoms with Crippen LogP contribution in [0.25, 0.3) is 0 Å². The Hall–Kier alpha value is -1.12. The Kier molecular flexibility index (Phi) is 6.97. The molecule has 0 radical (unpaired) electrons. The van der Waals surface area contributed by atoms with E-state index in [4.69, 9.17) is 5.14 Å². The lowest BCUT2D eigenvalue weighted by Crippen LogP contribution is -2.40. The number of hydrogen-bond donors (Lipinski definition) is 3. The van der Waals surface area contributed by atoms with E-state index in [0.717, 1.165) is 6.42 Å². The minimum absolute atomic E-state index is 0.115. The summed E-state index contributed by atoms with van der Waals surface area (Å²) in [6.45, 7) is 5.62. The van der Waals surface area contributed by atoms with Crippen molar-refractivity contribution in [3.05, 3.63) is 21.9 Å². The molecular weight excluding hydrogens is 296 g/mol. The van der Waals surface area contributed by atoms with Crippen LogP contribution in [-0.4, -0.2) is 33.2 Å². The van der Waals surface area contributed by atoms with Gasteiger partial charge in [-0.15, -0.1) is 11.3 Å². The van der Waals surface area contributed by atoms with E-state index < -0.39 is 10.0 Å². The van der Waals surface area contributed by atoms with Crippen LogP contribution in [-0.2, 0) is 23.0 Å². The summed E-state index contributed by atoms with van der Waals surface area (Å²) in [5, 5.41) is 11.0. The number of aliphatic imine (C=N–C) groups is 1. The Morgan fingerprint density at radius 2 is 2.00 bits per heavy atom. The van der Waals surface area contributed by atoms with Crippen molar-refractivity contribution < 1.29 is 8.42 Å². The van der Waals surface area contributed by atoms with Crippen LogP contribution >= 0.6 is 11.3 Å². The van der Waals surface area contributed by atoms with Crippen molar-refractivity contribution >= 4 is 27.3 Å². The van der Waals surface area contributed by atoms with Gasteiger partial charge in [-0.1, -0.05) is 6.92 Å². The lowest BCUT2D eigenvalue weighted by molar-refractivity contribution is 0.596. The molecule has 0 aliphatic heterocycles. The highest BCUT2D eigenvalue weighted by molar-refractivity contribution is 7.89. The predicted molar refractivity (Wildman–Crippen MR) is 84.5 cm³/mol. The normalized spacial score (nSPS) is 12.4. The average molecular weight is 318 g/mol. The van der Waals surface area contributed by atoms with Crippen LogP contribution < -0.4 is 15.8 Å². The lowest BCUT2D eigenvalue weighted by Gasteiger charge is -2.10. The zero-order valence-electron chi connectivity index (χ0n) is 11.8. The molecule has 0 saturated heterocycles. The second-order valence-electron chi connectivity index (χ2n) is 4.21. The Balaban J connectivity index is 2.53. The van der Waals surface area contributed by atoms with E-state index in [9.17, 15) is 8.42 Å². The quantitative estimate of drug-likeness (QED) is 0.508. The summed E-state index contributed by atoms with van der Waals surface area (Å²) in [5.41, 5.74) is 0. The average Bonchev–Trinajstić information content (AvgIpc) is 2.82. The van der Waals surface area contributed by atoms with Crippen LogP contribution in [0.15, 0.2) is 17.1 Å². The zero-order chi connectivity index (χ0) is 15.0. The van der Waals surface area contributed by atoms with Gasteiger partial charge in [0.25, 0.3) is 0 Å². The second kappa shape index (κ2) is 8.23. The Labute approximate surface area is 124 Å². The van der Waals surface area contributed by atoms with Crippen molar-refractivity contribution in [1.82, 2.24) is 10.6 Å². The van der Waals surface area contributed by atoms with Crippen LogP contribution in [0.3, 0.4) is 0 Å². The molecule has 4 N–H and O–H groups in total. The Bertz CT molecular complexity index is 537. The van der Waals surface area contributed by atoms with Crippen molar-refractivity contribution in [2.75, 3.05) is 18.8 Å². The third-order valence-corrected chi connectivity index (χ3v) is 4.47. The summed E-state index contributed by atoms with van der Waals surface area (Å²) in [5.74, 6) is 0.485. The second-order valence-corrected chi connectivity index (χ2v) is 7.20. The number of sulfonamides is 1. The van der Waals surface area contributed by atoms with Gasteiger partial charge in [0.1, 0.15) is 0 Å². The molecule has 1 aromatic rings. The SMILES string of the molecule is CCNC(=NCc1ccc(CC)s1)NCCS(N)(=O)=O. The van der Waals surface area contributed by atoms with Crippen LogP contribution in [0.1, 0.15) is 23.6 Å². The van der Waals surface area contributed by atoms with E-state index in [2.05, 4.69) is 34.7 Å². The maximum atomic E-state index is 10.9. The van der Waals surface area contributed by atoms with E-state index in [1.807, 2.05) is 6.92 Å². The van der Waals surface area contributed by atoms with Gasteiger partial charge in [0.15, 0.2) is 5.96 Å². The lowest BCUT2D eigenvalue weighted by atomic mass is 10.4. The van der Waals surface area contributed by atoms with Crippen LogP contribution in [0.2, 0.25) is 0 Å². The van der Waals surface area contributed by atoms with Crippen molar-refractivity contribution in [1.29, 1.82) is 0 Å². The first-order chi connectivity index (χ1) is 9.44. The first-order valence-corrected chi connectivity index (χ1v) is 9.08. The summed E-state index contributed by atoms with van der Waals surface area (Å²) >= 11 is 1.74. The molecule has 114 valence electrons. The molecule has 0 spiro atoms. The first kappa shape index (κ1) is 16.9. The van der Waals surface area contributed by atoms with E-state index in [1.165, 1.54) is 9.75 Å². The molecule has 0 fully saturated rings. The highest BCUT2D eigenvalue weighted by Crippen LogP contribution is 2.17. The third kappa shape index (κ3) is 6.88. The number of primary sulfonamides is 1. The molecule has 0 unspecified atom stereocenters. The number of thiophene rings is 1. The van der Waals surface area contributed by atoms with Crippen LogP contribution in [0.5, 0.6) is 0 Å². The maximum Gasteiger partial charge on any atom is 0.210 e. The van der Waals surface area contributed by atoms with Crippen molar-refractivity contribution in [3.8, 4) is 0 Å². The molecule has 0 aromatic carbocycles. The molecule has 0 aliphatic rings. The fourth-order valence-corrected chi connectivity index (χ4v) is 2.78. The number of guanidine groups is 1. The summed E-state index contributed by atoms with van der Waals surface area (Å²) in [6, 6.07) is 4.18. The summed E-state index contributed by atoms with van der Waals surface area (Å²) in [4.78, 5) is 6.94. The van der Waals surface area contributed by atoms with Gasteiger partial charge in [-0.05, 0) is 25.5 Å². The highest BCUT2D eigenvalue weighted by Gasteiger charge is 2.04. The largest absolute Gasteiger partial charge is 0.357 e. The minimum Gasteiger partial charge on any atom is -0.357 e. The molecule has 8 heteroatoms. The summed E-state index contributed by atoms with van der Waals surface area (Å²) in [7, 11) is -3.45. The van der Waals surface area contributed by atoms with Gasteiger partial charge >= 0.3 is 0 Å². The van der Waals surface area contributed by atoms with Crippen LogP contribution in [0.4, 0.5) is 0 Å². The number of nitrogens with two attached hydrogens (primary N) is 1. The monoisotopic (exact) mass is 318 g/mol. The van der Waals surface area contributed by atoms with Crippen molar-refractivity contribution in [3.63, 3.8) is 0 Å². The van der Waals surface area contributed by atoms with Crippen molar-refractivity contribution in [2.45, 2.75) is 26.8 Å². The first-order valence-electron chi connectivity index (χ1n) is 6.54. The number of aryl methyl sites for hydroxylation is 1. The topological polar surface area (TPSA) is 96.6 Å². The molecule has 20 heavy (non-hydrogen) atoms. The molecule has 0 amide bonds. The fraction of sp³-hybridized carbons (Fsp3) is 0.583. The van der Waals surface area contributed by atoms with Gasteiger partial charge in [0.05, 0.1) is 12.3 Å². The van der Waals surface area contributed by atoms with Gasteiger partial charge in [-0.3, -0.25) is 0 Å². The number of rotatable bonds is 7. The summed E-state index contributed by atoms with van der Waals surface area (Å²) < 4.78 is 21.7. The van der Waals surface area contributed by atoms with Crippen molar-refractivity contribution in [2.24, 2.45) is 10.1 Å². The fourth-order valence-electron chi connectivity index (χ4n) is 1.51. The van der Waals surface area contributed by atoms with Crippen LogP contribution in [0, 0.1) is 0 Å². The highest BCUT2D eigenvalue weighted by atomic mass is 32.2. The standard InChI is InChI=1S/C12H22N4O2S2/c1-3-10-5-6-11(19-10)9-16-12(14-4-2)15-7-8-20(13,17)18/h5-6H,3-4,7-9H2,1-2H3,(H2,13,17,18)(H2,14,15,16). The number of hydrogen-bond acceptors (Lipinski definition) is 4. The number of nitrogens with zero attached hydrogens (tertiary/aromatic N) is 1. The molecule has 0 bridgehead atoms. The molecular formula is C12H22N4O2S2. The Morgan fingerprint density at radius 3 is 2.55 bits per heavy atom. The van der Waals surface area contributed by atoms with Gasteiger partial charge in [-0.25, -0.2) is 18.5 Å². The van der Waals surface area contributed by atoms with Gasteiger partial charge in [0.2, 0.25) is 10.0 Å². The predicted octanol–water partition coefficient (Wildman–Crippen LogP) is 0.654. The van der Waals surface area contributed by atoms with E-state index in [0.29, 0.717) is 19.0 Å². The van der Waals surface area contributed by atoms with Gasteiger partial charge < -0.3 is 10.6 Å². The molecule has 1 rings (SSSR count). The molecule has 0 aliphatic carbocycles. The molecule has 1 aromatic heterocycles. The third-order valence-electron chi connectivity index (χ3n) is 2.48. The molecule has 0 saturated carbocycles. The number of nitrogens with one attached hydrogen (secondary N) is 2. The maximum absolute atomic E-state index is 10.9. The molecule has 6 nitrogen and oxygen atoms in total.